The number of aryl methyl sites for hydroxylation is 1. The second-order valence-corrected chi connectivity index (χ2v) is 3.91. The number of rotatable bonds is 2. The average molecular weight is 191 g/mol. The van der Waals surface area contributed by atoms with Crippen LogP contribution in [0.3, 0.4) is 0 Å². The van der Waals surface area contributed by atoms with Gasteiger partial charge in [-0.05, 0) is 13.0 Å². The molecule has 0 aliphatic rings. The number of aromatic amines is 1. The van der Waals surface area contributed by atoms with E-state index >= 15 is 0 Å². The summed E-state index contributed by atoms with van der Waals surface area (Å²) in [6.07, 6.45) is 3.05. The van der Waals surface area contributed by atoms with E-state index in [1.807, 2.05) is 6.92 Å². The van der Waals surface area contributed by atoms with Crippen molar-refractivity contribution in [3.8, 4) is 0 Å². The summed E-state index contributed by atoms with van der Waals surface area (Å²) in [5.41, 5.74) is 2.62. The maximum atomic E-state index is 7.28. The van der Waals surface area contributed by atoms with Crippen LogP contribution in [0, 0.1) is 12.3 Å². The van der Waals surface area contributed by atoms with Gasteiger partial charge in [0.1, 0.15) is 5.65 Å². The third-order valence-corrected chi connectivity index (χ3v) is 2.87. The molecule has 2 aromatic rings. The number of nitrogens with one attached hydrogen (secondary N) is 2. The van der Waals surface area contributed by atoms with Gasteiger partial charge in [-0.15, -0.1) is 11.3 Å². The zero-order chi connectivity index (χ0) is 9.42. The van der Waals surface area contributed by atoms with Crippen molar-refractivity contribution in [1.29, 1.82) is 5.41 Å². The fourth-order valence-corrected chi connectivity index (χ4v) is 2.22. The quantitative estimate of drug-likeness (QED) is 0.704. The van der Waals surface area contributed by atoms with E-state index in [0.717, 1.165) is 26.6 Å². The van der Waals surface area contributed by atoms with Crippen molar-refractivity contribution in [3.63, 3.8) is 0 Å². The maximum Gasteiger partial charge on any atom is 0.149 e. The Morgan fingerprint density at radius 2 is 2.38 bits per heavy atom. The molecule has 0 aliphatic carbocycles. The third-order valence-electron chi connectivity index (χ3n) is 1.87. The molecule has 66 valence electrons. The first-order valence-electron chi connectivity index (χ1n) is 3.88. The van der Waals surface area contributed by atoms with Gasteiger partial charge in [-0.2, -0.15) is 0 Å². The molecule has 4 heteroatoms. The molecular formula is C9H9N3S. The molecule has 2 N–H and O–H groups in total. The van der Waals surface area contributed by atoms with E-state index in [-0.39, 0.29) is 0 Å². The Morgan fingerprint density at radius 1 is 1.62 bits per heavy atom. The van der Waals surface area contributed by atoms with Gasteiger partial charge in [-0.1, -0.05) is 6.58 Å². The normalized spacial score (nSPS) is 10.5. The summed E-state index contributed by atoms with van der Waals surface area (Å²) in [7, 11) is 0. The number of nitrogens with zero attached hydrogens (tertiary/aromatic N) is 1. The highest BCUT2D eigenvalue weighted by atomic mass is 32.1. The second-order valence-electron chi connectivity index (χ2n) is 2.71. The summed E-state index contributed by atoms with van der Waals surface area (Å²) in [5, 5.41) is 8.30. The molecule has 0 spiro atoms. The molecule has 13 heavy (non-hydrogen) atoms. The Kier molecular flexibility index (Phi) is 1.77. The topological polar surface area (TPSA) is 52.5 Å². The molecule has 0 amide bonds. The van der Waals surface area contributed by atoms with E-state index < -0.39 is 0 Å². The molecule has 0 aliphatic heterocycles. The van der Waals surface area contributed by atoms with Crippen LogP contribution >= 0.6 is 11.3 Å². The lowest BCUT2D eigenvalue weighted by Gasteiger charge is -1.88. The molecular weight excluding hydrogens is 182 g/mol. The minimum atomic E-state index is 0.857. The second kappa shape index (κ2) is 2.81. The maximum absolute atomic E-state index is 7.28. The van der Waals surface area contributed by atoms with Crippen molar-refractivity contribution in [3.05, 3.63) is 22.8 Å². The summed E-state index contributed by atoms with van der Waals surface area (Å²) in [6.45, 7) is 5.64. The molecule has 0 fully saturated rings. The Balaban J connectivity index is 2.84. The highest BCUT2D eigenvalue weighted by Crippen LogP contribution is 2.27. The molecule has 2 aromatic heterocycles. The molecule has 0 radical (unpaired) electrons. The summed E-state index contributed by atoms with van der Waals surface area (Å²) in [6, 6.07) is 0. The highest BCUT2D eigenvalue weighted by molar-refractivity contribution is 7.18. The first-order chi connectivity index (χ1) is 6.26. The summed E-state index contributed by atoms with van der Waals surface area (Å²) in [5.74, 6) is 0. The molecule has 2 rings (SSSR count). The van der Waals surface area contributed by atoms with Crippen LogP contribution in [0.4, 0.5) is 0 Å². The van der Waals surface area contributed by atoms with Crippen molar-refractivity contribution in [2.45, 2.75) is 6.92 Å². The Labute approximate surface area is 79.6 Å². The van der Waals surface area contributed by atoms with E-state index in [1.165, 1.54) is 6.21 Å². The number of thiazole rings is 1. The zero-order valence-electron chi connectivity index (χ0n) is 7.22. The third kappa shape index (κ3) is 1.10. The van der Waals surface area contributed by atoms with Crippen LogP contribution in [-0.4, -0.2) is 16.2 Å². The van der Waals surface area contributed by atoms with Crippen LogP contribution in [-0.2, 0) is 0 Å². The van der Waals surface area contributed by atoms with Crippen molar-refractivity contribution >= 4 is 34.0 Å². The lowest BCUT2D eigenvalue weighted by Crippen LogP contribution is -1.80. The van der Waals surface area contributed by atoms with Gasteiger partial charge >= 0.3 is 0 Å². The fourth-order valence-electron chi connectivity index (χ4n) is 1.32. The van der Waals surface area contributed by atoms with Crippen molar-refractivity contribution in [2.24, 2.45) is 0 Å². The lowest BCUT2D eigenvalue weighted by molar-refractivity contribution is 1.28. The van der Waals surface area contributed by atoms with E-state index in [1.54, 1.807) is 17.4 Å². The summed E-state index contributed by atoms with van der Waals surface area (Å²) < 4.78 is 1.04. The van der Waals surface area contributed by atoms with Gasteiger partial charge in [-0.3, -0.25) is 0 Å². The van der Waals surface area contributed by atoms with Crippen LogP contribution in [0.5, 0.6) is 0 Å². The van der Waals surface area contributed by atoms with Gasteiger partial charge in [0.2, 0.25) is 0 Å². The van der Waals surface area contributed by atoms with Crippen LogP contribution in [0.2, 0.25) is 0 Å². The van der Waals surface area contributed by atoms with Gasteiger partial charge in [-0.25, -0.2) is 4.98 Å². The van der Waals surface area contributed by atoms with Crippen LogP contribution in [0.25, 0.3) is 16.4 Å². The molecule has 2 heterocycles. The van der Waals surface area contributed by atoms with Gasteiger partial charge < -0.3 is 10.4 Å². The Bertz CT molecular complexity index is 478. The van der Waals surface area contributed by atoms with Crippen molar-refractivity contribution in [1.82, 2.24) is 9.97 Å². The van der Waals surface area contributed by atoms with Crippen molar-refractivity contribution in [2.75, 3.05) is 0 Å². The summed E-state index contributed by atoms with van der Waals surface area (Å²) >= 11 is 1.60. The number of aromatic nitrogens is 2. The highest BCUT2D eigenvalue weighted by Gasteiger charge is 2.10. The smallest absolute Gasteiger partial charge is 0.149 e. The van der Waals surface area contributed by atoms with Crippen LogP contribution in [0.1, 0.15) is 16.3 Å². The minimum Gasteiger partial charge on any atom is -0.338 e. The van der Waals surface area contributed by atoms with E-state index in [0.29, 0.717) is 0 Å². The molecule has 0 aromatic carbocycles. The Morgan fingerprint density at radius 3 is 3.00 bits per heavy atom. The van der Waals surface area contributed by atoms with Gasteiger partial charge in [0.15, 0.2) is 0 Å². The standard InChI is InChI=1S/C9H9N3S/c1-3-7-6(4-10)8-9(12-7)11-5(2)13-8/h3-4,10,12H,1H2,2H3. The van der Waals surface area contributed by atoms with Crippen molar-refractivity contribution < 1.29 is 0 Å². The molecule has 0 saturated heterocycles. The number of hydrogen-bond acceptors (Lipinski definition) is 3. The molecule has 3 nitrogen and oxygen atoms in total. The largest absolute Gasteiger partial charge is 0.338 e. The average Bonchev–Trinajstić information content (AvgIpc) is 2.59. The number of hydrogen-bond donors (Lipinski definition) is 2. The SMILES string of the molecule is C=Cc1[nH]c2nc(C)sc2c1C=N. The zero-order valence-corrected chi connectivity index (χ0v) is 8.03. The van der Waals surface area contributed by atoms with Gasteiger partial charge in [0, 0.05) is 17.5 Å². The number of H-pyrrole nitrogens is 1. The molecule has 0 unspecified atom stereocenters. The van der Waals surface area contributed by atoms with Crippen LogP contribution < -0.4 is 0 Å². The molecule has 0 atom stereocenters. The van der Waals surface area contributed by atoms with E-state index in [9.17, 15) is 0 Å². The lowest BCUT2D eigenvalue weighted by atomic mass is 10.2. The minimum absolute atomic E-state index is 0.857. The predicted molar refractivity (Wildman–Crippen MR) is 56.7 cm³/mol. The molecule has 0 bridgehead atoms. The molecule has 0 saturated carbocycles. The first kappa shape index (κ1) is 8.19. The summed E-state index contributed by atoms with van der Waals surface area (Å²) in [4.78, 5) is 7.42. The van der Waals surface area contributed by atoms with E-state index in [2.05, 4.69) is 16.5 Å². The number of fused-ring (bicyclic) bond motifs is 1. The monoisotopic (exact) mass is 191 g/mol. The van der Waals surface area contributed by atoms with Crippen LogP contribution in [0.15, 0.2) is 6.58 Å². The predicted octanol–water partition coefficient (Wildman–Crippen LogP) is 2.57. The Hall–Kier alpha value is -1.42. The first-order valence-corrected chi connectivity index (χ1v) is 4.70. The van der Waals surface area contributed by atoms with Gasteiger partial charge in [0.25, 0.3) is 0 Å². The fraction of sp³-hybridized carbons (Fsp3) is 0.111. The van der Waals surface area contributed by atoms with E-state index in [4.69, 9.17) is 5.41 Å². The van der Waals surface area contributed by atoms with Gasteiger partial charge in [0.05, 0.1) is 9.71 Å².